The van der Waals surface area contributed by atoms with Crippen molar-refractivity contribution in [2.45, 2.75) is 6.92 Å². The molecule has 0 aliphatic carbocycles. The fourth-order valence-electron chi connectivity index (χ4n) is 6.78. The summed E-state index contributed by atoms with van der Waals surface area (Å²) in [6.45, 7) is 9.69. The Morgan fingerprint density at radius 2 is 1.24 bits per heavy atom. The monoisotopic (exact) mass is 537 g/mol. The molecule has 0 saturated carbocycles. The van der Waals surface area contributed by atoms with Crippen LogP contribution in [-0.2, 0) is 0 Å². The molecule has 0 fully saturated rings. The summed E-state index contributed by atoms with van der Waals surface area (Å²) in [5.74, 6) is 0. The molecule has 3 aromatic heterocycles. The summed E-state index contributed by atoms with van der Waals surface area (Å²) in [5.41, 5.74) is 10.3. The molecule has 0 aliphatic rings. The normalized spacial score (nSPS) is 11.9. The van der Waals surface area contributed by atoms with Gasteiger partial charge in [0.2, 0.25) is 0 Å². The summed E-state index contributed by atoms with van der Waals surface area (Å²) in [6, 6.07) is 42.5. The minimum absolute atomic E-state index is 0.646. The van der Waals surface area contributed by atoms with Crippen LogP contribution in [0.15, 0.2) is 126 Å². The summed E-state index contributed by atoms with van der Waals surface area (Å²) in [4.78, 5) is 3.69. The number of rotatable bonds is 2. The van der Waals surface area contributed by atoms with Gasteiger partial charge in [-0.25, -0.2) is 4.85 Å². The molecule has 9 rings (SSSR count). The standard InChI is InChI=1S/C38H23N3O/c1-23-14-17-34-28(20-23)26-8-4-6-11-32(26)41(34)35-12-7-13-37-38(35)30-22-25(16-19-36(30)42-37)40-31-10-5-3-9-27(31)29-21-24(39-2)15-18-33(29)40/h3-22H,1H3. The van der Waals surface area contributed by atoms with Crippen LogP contribution in [0.3, 0.4) is 0 Å². The Morgan fingerprint density at radius 3 is 2.05 bits per heavy atom. The van der Waals surface area contributed by atoms with E-state index < -0.39 is 0 Å². The Bertz CT molecular complexity index is 2600. The topological polar surface area (TPSA) is 27.4 Å². The van der Waals surface area contributed by atoms with Crippen LogP contribution in [0.4, 0.5) is 5.69 Å². The highest BCUT2D eigenvalue weighted by atomic mass is 16.3. The molecule has 0 saturated heterocycles. The van der Waals surface area contributed by atoms with Crippen LogP contribution >= 0.6 is 0 Å². The second-order valence-electron chi connectivity index (χ2n) is 11.0. The molecule has 0 radical (unpaired) electrons. The smallest absolute Gasteiger partial charge is 0.188 e. The second kappa shape index (κ2) is 8.36. The number of fused-ring (bicyclic) bond motifs is 9. The van der Waals surface area contributed by atoms with E-state index in [1.54, 1.807) is 0 Å². The lowest BCUT2D eigenvalue weighted by Gasteiger charge is -2.11. The summed E-state index contributed by atoms with van der Waals surface area (Å²) < 4.78 is 11.1. The average molecular weight is 538 g/mol. The van der Waals surface area contributed by atoms with Gasteiger partial charge in [-0.15, -0.1) is 0 Å². The van der Waals surface area contributed by atoms with Crippen LogP contribution in [0.2, 0.25) is 0 Å². The third-order valence-corrected chi connectivity index (χ3v) is 8.57. The number of benzene rings is 6. The number of para-hydroxylation sites is 2. The molecule has 0 unspecified atom stereocenters. The van der Waals surface area contributed by atoms with Crippen molar-refractivity contribution in [3.8, 4) is 11.4 Å². The first-order valence-electron chi connectivity index (χ1n) is 14.1. The van der Waals surface area contributed by atoms with Crippen LogP contribution in [-0.4, -0.2) is 9.13 Å². The van der Waals surface area contributed by atoms with Crippen molar-refractivity contribution in [3.63, 3.8) is 0 Å². The molecular weight excluding hydrogens is 514 g/mol. The van der Waals surface area contributed by atoms with Crippen LogP contribution in [0.5, 0.6) is 0 Å². The van der Waals surface area contributed by atoms with Gasteiger partial charge in [0.05, 0.1) is 39.7 Å². The largest absolute Gasteiger partial charge is 0.456 e. The zero-order valence-corrected chi connectivity index (χ0v) is 22.8. The van der Waals surface area contributed by atoms with Crippen LogP contribution in [0.1, 0.15) is 5.56 Å². The summed E-state index contributed by atoms with van der Waals surface area (Å²) >= 11 is 0. The highest BCUT2D eigenvalue weighted by Gasteiger charge is 2.19. The lowest BCUT2D eigenvalue weighted by Crippen LogP contribution is -1.95. The van der Waals surface area contributed by atoms with Crippen molar-refractivity contribution >= 4 is 71.2 Å². The lowest BCUT2D eigenvalue weighted by atomic mass is 10.1. The minimum Gasteiger partial charge on any atom is -0.456 e. The first-order valence-corrected chi connectivity index (χ1v) is 14.1. The summed E-state index contributed by atoms with van der Waals surface area (Å²) in [5, 5.41) is 6.87. The van der Waals surface area contributed by atoms with Gasteiger partial charge in [-0.2, -0.15) is 0 Å². The molecule has 0 aliphatic heterocycles. The third kappa shape index (κ3) is 3.05. The summed E-state index contributed by atoms with van der Waals surface area (Å²) in [6.07, 6.45) is 0. The van der Waals surface area contributed by atoms with Gasteiger partial charge in [-0.3, -0.25) is 0 Å². The van der Waals surface area contributed by atoms with E-state index in [0.29, 0.717) is 5.69 Å². The van der Waals surface area contributed by atoms with Gasteiger partial charge in [-0.1, -0.05) is 60.2 Å². The number of furan rings is 1. The van der Waals surface area contributed by atoms with Gasteiger partial charge < -0.3 is 13.6 Å². The molecule has 3 heterocycles. The first kappa shape index (κ1) is 23.0. The highest BCUT2D eigenvalue weighted by Crippen LogP contribution is 2.41. The van der Waals surface area contributed by atoms with E-state index in [1.165, 1.54) is 27.4 Å². The molecular formula is C38H23N3O. The van der Waals surface area contributed by atoms with Crippen molar-refractivity contribution in [3.05, 3.63) is 138 Å². The molecule has 4 heteroatoms. The van der Waals surface area contributed by atoms with E-state index >= 15 is 0 Å². The highest BCUT2D eigenvalue weighted by molar-refractivity contribution is 6.15. The Labute approximate surface area is 241 Å². The molecule has 4 nitrogen and oxygen atoms in total. The number of hydrogen-bond acceptors (Lipinski definition) is 1. The second-order valence-corrected chi connectivity index (χ2v) is 11.0. The first-order chi connectivity index (χ1) is 20.7. The van der Waals surface area contributed by atoms with Crippen molar-refractivity contribution in [1.82, 2.24) is 9.13 Å². The van der Waals surface area contributed by atoms with E-state index in [9.17, 15) is 0 Å². The predicted molar refractivity (Wildman–Crippen MR) is 173 cm³/mol. The molecule has 0 amide bonds. The van der Waals surface area contributed by atoms with Crippen molar-refractivity contribution in [2.75, 3.05) is 0 Å². The van der Waals surface area contributed by atoms with Gasteiger partial charge in [-0.05, 0) is 79.0 Å². The number of aromatic nitrogens is 2. The molecule has 0 spiro atoms. The molecule has 6 aromatic carbocycles. The van der Waals surface area contributed by atoms with E-state index in [1.807, 2.05) is 12.1 Å². The van der Waals surface area contributed by atoms with Gasteiger partial charge in [0.1, 0.15) is 11.2 Å². The van der Waals surface area contributed by atoms with Crippen molar-refractivity contribution in [2.24, 2.45) is 0 Å². The van der Waals surface area contributed by atoms with Gasteiger partial charge >= 0.3 is 0 Å². The van der Waals surface area contributed by atoms with E-state index in [0.717, 1.165) is 55.1 Å². The molecule has 0 N–H and O–H groups in total. The Kier molecular flexibility index (Phi) is 4.57. The fraction of sp³-hybridized carbons (Fsp3) is 0.0263. The quantitative estimate of drug-likeness (QED) is 0.202. The van der Waals surface area contributed by atoms with E-state index in [2.05, 4.69) is 130 Å². The van der Waals surface area contributed by atoms with Crippen LogP contribution < -0.4 is 0 Å². The predicted octanol–water partition coefficient (Wildman–Crippen LogP) is 10.6. The SMILES string of the molecule is [C-]#[N+]c1ccc2c(c1)c1ccccc1n2-c1ccc2oc3cccc(-n4c5ccccc5c5cc(C)ccc54)c3c2c1. The molecule has 196 valence electrons. The van der Waals surface area contributed by atoms with Crippen molar-refractivity contribution in [1.29, 1.82) is 0 Å². The average Bonchev–Trinajstić information content (AvgIpc) is 3.68. The maximum absolute atomic E-state index is 7.54. The summed E-state index contributed by atoms with van der Waals surface area (Å²) in [7, 11) is 0. The lowest BCUT2D eigenvalue weighted by molar-refractivity contribution is 0.669. The zero-order chi connectivity index (χ0) is 27.9. The van der Waals surface area contributed by atoms with Crippen LogP contribution in [0.25, 0.3) is 81.8 Å². The Hall–Kier alpha value is -5.79. The van der Waals surface area contributed by atoms with Gasteiger partial charge in [0.15, 0.2) is 5.69 Å². The van der Waals surface area contributed by atoms with Crippen LogP contribution in [0, 0.1) is 13.5 Å². The Balaban J connectivity index is 1.38. The minimum atomic E-state index is 0.646. The number of hydrogen-bond donors (Lipinski definition) is 0. The number of aryl methyl sites for hydroxylation is 1. The zero-order valence-electron chi connectivity index (χ0n) is 22.8. The number of nitrogens with zero attached hydrogens (tertiary/aromatic N) is 3. The maximum atomic E-state index is 7.54. The van der Waals surface area contributed by atoms with Gasteiger partial charge in [0.25, 0.3) is 0 Å². The van der Waals surface area contributed by atoms with E-state index in [4.69, 9.17) is 11.0 Å². The van der Waals surface area contributed by atoms with E-state index in [-0.39, 0.29) is 0 Å². The van der Waals surface area contributed by atoms with Crippen molar-refractivity contribution < 1.29 is 4.42 Å². The molecule has 0 atom stereocenters. The molecule has 42 heavy (non-hydrogen) atoms. The molecule has 0 bridgehead atoms. The molecule has 9 aromatic rings. The Morgan fingerprint density at radius 1 is 0.548 bits per heavy atom. The maximum Gasteiger partial charge on any atom is 0.188 e. The fourth-order valence-corrected chi connectivity index (χ4v) is 6.78. The third-order valence-electron chi connectivity index (χ3n) is 8.57. The van der Waals surface area contributed by atoms with Gasteiger partial charge in [0, 0.05) is 27.2 Å².